The van der Waals surface area contributed by atoms with Crippen molar-refractivity contribution >= 4 is 22.4 Å². The minimum Gasteiger partial charge on any atom is -0.435 e. The van der Waals surface area contributed by atoms with Gasteiger partial charge in [-0.3, -0.25) is 10.1 Å². The molecule has 0 aliphatic rings. The molecule has 1 aromatic carbocycles. The lowest BCUT2D eigenvalue weighted by Crippen LogP contribution is -2.10. The summed E-state index contributed by atoms with van der Waals surface area (Å²) < 4.78 is 33.2. The van der Waals surface area contributed by atoms with E-state index in [4.69, 9.17) is 4.52 Å². The fourth-order valence-electron chi connectivity index (χ4n) is 1.76. The van der Waals surface area contributed by atoms with E-state index in [0.717, 1.165) is 0 Å². The number of nitrogens with one attached hydrogen (secondary N) is 1. The van der Waals surface area contributed by atoms with Crippen LogP contribution >= 0.6 is 11.3 Å². The maximum absolute atomic E-state index is 12.1. The zero-order chi connectivity index (χ0) is 16.2. The van der Waals surface area contributed by atoms with E-state index in [0.29, 0.717) is 16.4 Å². The number of rotatable bonds is 5. The Labute approximate surface area is 132 Å². The van der Waals surface area contributed by atoms with Gasteiger partial charge in [-0.1, -0.05) is 5.16 Å². The SMILES string of the molecule is O=C(Nc1nc(-c2ccc(OC(F)F)cc2)cs1)c1ccno1. The highest BCUT2D eigenvalue weighted by atomic mass is 32.1. The second-order valence-corrected chi connectivity index (χ2v) is 5.13. The predicted molar refractivity (Wildman–Crippen MR) is 78.6 cm³/mol. The highest BCUT2D eigenvalue weighted by Gasteiger charge is 2.13. The number of hydrogen-bond donors (Lipinski definition) is 1. The van der Waals surface area contributed by atoms with Gasteiger partial charge < -0.3 is 9.26 Å². The Kier molecular flexibility index (Phi) is 4.29. The van der Waals surface area contributed by atoms with Crippen LogP contribution in [0, 0.1) is 0 Å². The van der Waals surface area contributed by atoms with E-state index in [9.17, 15) is 13.6 Å². The lowest BCUT2D eigenvalue weighted by Gasteiger charge is -2.04. The van der Waals surface area contributed by atoms with Gasteiger partial charge in [0.15, 0.2) is 5.13 Å². The van der Waals surface area contributed by atoms with Gasteiger partial charge in [-0.05, 0) is 24.3 Å². The Morgan fingerprint density at radius 2 is 2.04 bits per heavy atom. The third kappa shape index (κ3) is 3.69. The van der Waals surface area contributed by atoms with Crippen LogP contribution in [-0.4, -0.2) is 22.7 Å². The van der Waals surface area contributed by atoms with Gasteiger partial charge in [0.2, 0.25) is 5.76 Å². The molecule has 0 aliphatic carbocycles. The number of anilines is 1. The Morgan fingerprint density at radius 3 is 2.70 bits per heavy atom. The van der Waals surface area contributed by atoms with E-state index in [2.05, 4.69) is 20.2 Å². The Morgan fingerprint density at radius 1 is 1.26 bits per heavy atom. The highest BCUT2D eigenvalue weighted by Crippen LogP contribution is 2.27. The van der Waals surface area contributed by atoms with Crippen LogP contribution in [0.3, 0.4) is 0 Å². The molecule has 2 aromatic heterocycles. The molecule has 9 heteroatoms. The average molecular weight is 337 g/mol. The van der Waals surface area contributed by atoms with Crippen molar-refractivity contribution in [3.63, 3.8) is 0 Å². The second kappa shape index (κ2) is 6.53. The summed E-state index contributed by atoms with van der Waals surface area (Å²) in [6.07, 6.45) is 1.37. The normalized spacial score (nSPS) is 10.7. The Hall–Kier alpha value is -2.81. The molecule has 0 aliphatic heterocycles. The van der Waals surface area contributed by atoms with Crippen molar-refractivity contribution < 1.29 is 22.8 Å². The molecular formula is C14H9F2N3O3S. The summed E-state index contributed by atoms with van der Waals surface area (Å²) in [4.78, 5) is 16.1. The first-order valence-corrected chi connectivity index (χ1v) is 7.22. The molecule has 118 valence electrons. The maximum Gasteiger partial charge on any atom is 0.387 e. The molecule has 0 bridgehead atoms. The van der Waals surface area contributed by atoms with Crippen molar-refractivity contribution in [1.29, 1.82) is 0 Å². The molecule has 0 unspecified atom stereocenters. The third-order valence-corrected chi connectivity index (χ3v) is 3.52. The van der Waals surface area contributed by atoms with Crippen molar-refractivity contribution in [2.24, 2.45) is 0 Å². The summed E-state index contributed by atoms with van der Waals surface area (Å²) in [6, 6.07) is 7.50. The quantitative estimate of drug-likeness (QED) is 0.769. The van der Waals surface area contributed by atoms with Crippen LogP contribution in [0.4, 0.5) is 13.9 Å². The van der Waals surface area contributed by atoms with Crippen LogP contribution in [0.5, 0.6) is 5.75 Å². The number of thiazole rings is 1. The zero-order valence-corrected chi connectivity index (χ0v) is 12.2. The minimum absolute atomic E-state index is 0.0674. The highest BCUT2D eigenvalue weighted by molar-refractivity contribution is 7.14. The average Bonchev–Trinajstić information content (AvgIpc) is 3.18. The van der Waals surface area contributed by atoms with Gasteiger partial charge in [-0.25, -0.2) is 4.98 Å². The lowest BCUT2D eigenvalue weighted by molar-refractivity contribution is -0.0498. The van der Waals surface area contributed by atoms with E-state index in [-0.39, 0.29) is 11.5 Å². The van der Waals surface area contributed by atoms with E-state index in [1.165, 1.54) is 35.7 Å². The van der Waals surface area contributed by atoms with Crippen LogP contribution in [-0.2, 0) is 0 Å². The molecular weight excluding hydrogens is 328 g/mol. The number of hydrogen-bond acceptors (Lipinski definition) is 6. The van der Waals surface area contributed by atoms with E-state index < -0.39 is 12.5 Å². The molecule has 6 nitrogen and oxygen atoms in total. The standard InChI is InChI=1S/C14H9F2N3O3S/c15-13(16)21-9-3-1-8(2-4-9)10-7-23-14(18-10)19-12(20)11-5-6-17-22-11/h1-7,13H,(H,18,19,20). The van der Waals surface area contributed by atoms with Gasteiger partial charge in [-0.2, -0.15) is 8.78 Å². The number of amides is 1. The number of benzene rings is 1. The smallest absolute Gasteiger partial charge is 0.387 e. The van der Waals surface area contributed by atoms with Gasteiger partial charge in [0.25, 0.3) is 5.91 Å². The number of alkyl halides is 2. The number of ether oxygens (including phenoxy) is 1. The molecule has 0 saturated heterocycles. The fourth-order valence-corrected chi connectivity index (χ4v) is 2.48. The minimum atomic E-state index is -2.86. The summed E-state index contributed by atoms with van der Waals surface area (Å²) in [5.41, 5.74) is 1.31. The summed E-state index contributed by atoms with van der Waals surface area (Å²) in [5.74, 6) is -0.308. The van der Waals surface area contributed by atoms with Crippen molar-refractivity contribution in [2.75, 3.05) is 5.32 Å². The first-order chi connectivity index (χ1) is 11.1. The molecule has 0 atom stereocenters. The fraction of sp³-hybridized carbons (Fsp3) is 0.0714. The van der Waals surface area contributed by atoms with E-state index in [1.807, 2.05) is 0 Å². The van der Waals surface area contributed by atoms with E-state index in [1.54, 1.807) is 17.5 Å². The summed E-state index contributed by atoms with van der Waals surface area (Å²) in [7, 11) is 0. The number of carbonyl (C=O) groups is 1. The third-order valence-electron chi connectivity index (χ3n) is 2.76. The van der Waals surface area contributed by atoms with Gasteiger partial charge in [-0.15, -0.1) is 11.3 Å². The van der Waals surface area contributed by atoms with E-state index >= 15 is 0 Å². The van der Waals surface area contributed by atoms with Gasteiger partial charge in [0, 0.05) is 17.0 Å². The molecule has 0 spiro atoms. The molecule has 0 saturated carbocycles. The molecule has 0 radical (unpaired) electrons. The Balaban J connectivity index is 1.70. The molecule has 0 fully saturated rings. The molecule has 3 aromatic rings. The summed E-state index contributed by atoms with van der Waals surface area (Å²) >= 11 is 1.23. The number of carbonyl (C=O) groups excluding carboxylic acids is 1. The first-order valence-electron chi connectivity index (χ1n) is 6.34. The monoisotopic (exact) mass is 337 g/mol. The molecule has 1 amide bonds. The Bertz CT molecular complexity index is 788. The molecule has 3 rings (SSSR count). The molecule has 23 heavy (non-hydrogen) atoms. The molecule has 2 heterocycles. The molecule has 1 N–H and O–H groups in total. The van der Waals surface area contributed by atoms with Gasteiger partial charge in [0.1, 0.15) is 5.75 Å². The summed E-state index contributed by atoms with van der Waals surface area (Å²) in [5, 5.41) is 8.15. The van der Waals surface area contributed by atoms with Gasteiger partial charge >= 0.3 is 6.61 Å². The van der Waals surface area contributed by atoms with Crippen LogP contribution in [0.1, 0.15) is 10.6 Å². The summed E-state index contributed by atoms with van der Waals surface area (Å²) in [6.45, 7) is -2.86. The van der Waals surface area contributed by atoms with Crippen LogP contribution in [0.2, 0.25) is 0 Å². The first kappa shape index (κ1) is 15.1. The van der Waals surface area contributed by atoms with Crippen LogP contribution in [0.15, 0.2) is 46.4 Å². The van der Waals surface area contributed by atoms with Crippen molar-refractivity contribution in [3.05, 3.63) is 47.7 Å². The van der Waals surface area contributed by atoms with Crippen molar-refractivity contribution in [3.8, 4) is 17.0 Å². The number of aromatic nitrogens is 2. The topological polar surface area (TPSA) is 77.2 Å². The van der Waals surface area contributed by atoms with Crippen molar-refractivity contribution in [2.45, 2.75) is 6.61 Å². The largest absolute Gasteiger partial charge is 0.435 e. The number of nitrogens with zero attached hydrogens (tertiary/aromatic N) is 2. The lowest BCUT2D eigenvalue weighted by atomic mass is 10.2. The maximum atomic E-state index is 12.1. The van der Waals surface area contributed by atoms with Crippen molar-refractivity contribution in [1.82, 2.24) is 10.1 Å². The number of halogens is 2. The second-order valence-electron chi connectivity index (χ2n) is 4.27. The van der Waals surface area contributed by atoms with Gasteiger partial charge in [0.05, 0.1) is 11.9 Å². The zero-order valence-electron chi connectivity index (χ0n) is 11.4. The predicted octanol–water partition coefficient (Wildman–Crippen LogP) is 3.65. The van der Waals surface area contributed by atoms with Crippen LogP contribution in [0.25, 0.3) is 11.3 Å². The van der Waals surface area contributed by atoms with Crippen LogP contribution < -0.4 is 10.1 Å².